The normalized spacial score (nSPS) is 11.9. The van der Waals surface area contributed by atoms with E-state index < -0.39 is 10.0 Å². The third kappa shape index (κ3) is 3.77. The van der Waals surface area contributed by atoms with Crippen LogP contribution in [0.1, 0.15) is 18.2 Å². The first kappa shape index (κ1) is 13.5. The van der Waals surface area contributed by atoms with Gasteiger partial charge in [-0.25, -0.2) is 13.1 Å². The standard InChI is InChI=1S/C9H16ClN3O2S/c1-3-9-8(7-13(2)12-9)6-11-16(14,15)5-4-10/h7,11H,3-6H2,1-2H3. The number of hydrogen-bond acceptors (Lipinski definition) is 3. The van der Waals surface area contributed by atoms with E-state index in [9.17, 15) is 8.42 Å². The third-order valence-electron chi connectivity index (χ3n) is 2.16. The van der Waals surface area contributed by atoms with Gasteiger partial charge in [-0.15, -0.1) is 11.6 Å². The van der Waals surface area contributed by atoms with E-state index in [1.807, 2.05) is 20.2 Å². The molecule has 0 aliphatic carbocycles. The van der Waals surface area contributed by atoms with Gasteiger partial charge in [-0.1, -0.05) is 6.92 Å². The van der Waals surface area contributed by atoms with Crippen molar-refractivity contribution in [3.8, 4) is 0 Å². The highest BCUT2D eigenvalue weighted by Crippen LogP contribution is 2.07. The highest BCUT2D eigenvalue weighted by atomic mass is 35.5. The van der Waals surface area contributed by atoms with Crippen LogP contribution in [0.2, 0.25) is 0 Å². The van der Waals surface area contributed by atoms with Crippen LogP contribution in [0.15, 0.2) is 6.20 Å². The van der Waals surface area contributed by atoms with Gasteiger partial charge in [0.15, 0.2) is 0 Å². The van der Waals surface area contributed by atoms with E-state index in [1.54, 1.807) is 4.68 Å². The molecule has 0 saturated heterocycles. The molecule has 0 aliphatic heterocycles. The molecule has 0 amide bonds. The maximum atomic E-state index is 11.4. The predicted octanol–water partition coefficient (Wildman–Crippen LogP) is 0.641. The quantitative estimate of drug-likeness (QED) is 0.768. The predicted molar refractivity (Wildman–Crippen MR) is 63.9 cm³/mol. The number of halogens is 1. The number of aromatic nitrogens is 2. The number of hydrogen-bond donors (Lipinski definition) is 1. The molecule has 16 heavy (non-hydrogen) atoms. The summed E-state index contributed by atoms with van der Waals surface area (Å²) in [6, 6.07) is 0. The molecule has 1 aromatic rings. The minimum Gasteiger partial charge on any atom is -0.275 e. The van der Waals surface area contributed by atoms with E-state index in [2.05, 4.69) is 9.82 Å². The summed E-state index contributed by atoms with van der Waals surface area (Å²) >= 11 is 5.39. The third-order valence-corrected chi connectivity index (χ3v) is 3.89. The van der Waals surface area contributed by atoms with Crippen molar-refractivity contribution in [2.24, 2.45) is 7.05 Å². The van der Waals surface area contributed by atoms with Gasteiger partial charge in [-0.3, -0.25) is 4.68 Å². The highest BCUT2D eigenvalue weighted by molar-refractivity contribution is 7.89. The van der Waals surface area contributed by atoms with E-state index in [0.717, 1.165) is 17.7 Å². The number of sulfonamides is 1. The number of rotatable bonds is 6. The van der Waals surface area contributed by atoms with Crippen molar-refractivity contribution in [1.82, 2.24) is 14.5 Å². The van der Waals surface area contributed by atoms with Crippen LogP contribution < -0.4 is 4.72 Å². The van der Waals surface area contributed by atoms with Gasteiger partial charge in [0.2, 0.25) is 10.0 Å². The second-order valence-corrected chi connectivity index (χ2v) is 5.76. The summed E-state index contributed by atoms with van der Waals surface area (Å²) in [6.45, 7) is 2.26. The van der Waals surface area contributed by atoms with Crippen LogP contribution in [-0.4, -0.2) is 29.8 Å². The molecule has 0 fully saturated rings. The van der Waals surface area contributed by atoms with Gasteiger partial charge >= 0.3 is 0 Å². The summed E-state index contributed by atoms with van der Waals surface area (Å²) in [5, 5.41) is 4.23. The van der Waals surface area contributed by atoms with Crippen molar-refractivity contribution >= 4 is 21.6 Å². The number of nitrogens with one attached hydrogen (secondary N) is 1. The molecule has 7 heteroatoms. The molecule has 0 aromatic carbocycles. The zero-order valence-electron chi connectivity index (χ0n) is 9.40. The Balaban J connectivity index is 2.67. The van der Waals surface area contributed by atoms with E-state index in [1.165, 1.54) is 0 Å². The summed E-state index contributed by atoms with van der Waals surface area (Å²) in [6.07, 6.45) is 2.61. The van der Waals surface area contributed by atoms with Crippen LogP contribution >= 0.6 is 11.6 Å². The monoisotopic (exact) mass is 265 g/mol. The fraction of sp³-hybridized carbons (Fsp3) is 0.667. The summed E-state index contributed by atoms with van der Waals surface area (Å²) in [5.74, 6) is 0.0410. The highest BCUT2D eigenvalue weighted by Gasteiger charge is 2.11. The average Bonchev–Trinajstić information content (AvgIpc) is 2.56. The Labute approximate surface area is 101 Å². The Morgan fingerprint density at radius 1 is 1.56 bits per heavy atom. The Bertz CT molecular complexity index is 442. The molecule has 5 nitrogen and oxygen atoms in total. The first-order valence-corrected chi connectivity index (χ1v) is 7.22. The summed E-state index contributed by atoms with van der Waals surface area (Å²) < 4.78 is 27.0. The molecule has 1 aromatic heterocycles. The summed E-state index contributed by atoms with van der Waals surface area (Å²) in [4.78, 5) is 0. The van der Waals surface area contributed by atoms with Gasteiger partial charge in [0.05, 0.1) is 11.4 Å². The Hall–Kier alpha value is -0.590. The SMILES string of the molecule is CCc1nn(C)cc1CNS(=O)(=O)CCCl. The van der Waals surface area contributed by atoms with Crippen molar-refractivity contribution in [3.63, 3.8) is 0 Å². The van der Waals surface area contributed by atoms with E-state index in [4.69, 9.17) is 11.6 Å². The van der Waals surface area contributed by atoms with Crippen LogP contribution in [-0.2, 0) is 30.0 Å². The molecular formula is C9H16ClN3O2S. The molecule has 0 unspecified atom stereocenters. The molecule has 1 N–H and O–H groups in total. The van der Waals surface area contributed by atoms with Crippen molar-refractivity contribution in [1.29, 1.82) is 0 Å². The topological polar surface area (TPSA) is 64.0 Å². The first-order valence-electron chi connectivity index (χ1n) is 5.03. The van der Waals surface area contributed by atoms with Gasteiger partial charge in [0.1, 0.15) is 0 Å². The molecule has 0 saturated carbocycles. The van der Waals surface area contributed by atoms with Gasteiger partial charge in [0, 0.05) is 31.2 Å². The fourth-order valence-electron chi connectivity index (χ4n) is 1.39. The zero-order chi connectivity index (χ0) is 12.2. The molecular weight excluding hydrogens is 250 g/mol. The number of alkyl halides is 1. The molecule has 1 heterocycles. The Morgan fingerprint density at radius 2 is 2.25 bits per heavy atom. The number of aryl methyl sites for hydroxylation is 2. The second kappa shape index (κ2) is 5.65. The van der Waals surface area contributed by atoms with Crippen LogP contribution in [0.25, 0.3) is 0 Å². The second-order valence-electron chi connectivity index (χ2n) is 3.46. The van der Waals surface area contributed by atoms with Crippen LogP contribution in [0.5, 0.6) is 0 Å². The molecule has 0 spiro atoms. The maximum absolute atomic E-state index is 11.4. The van der Waals surface area contributed by atoms with Crippen molar-refractivity contribution in [2.45, 2.75) is 19.9 Å². The molecule has 0 aliphatic rings. The molecule has 92 valence electrons. The lowest BCUT2D eigenvalue weighted by atomic mass is 10.2. The fourth-order valence-corrected chi connectivity index (χ4v) is 2.72. The zero-order valence-corrected chi connectivity index (χ0v) is 11.0. The van der Waals surface area contributed by atoms with E-state index in [0.29, 0.717) is 0 Å². The molecule has 0 bridgehead atoms. The van der Waals surface area contributed by atoms with Gasteiger partial charge in [-0.2, -0.15) is 5.10 Å². The molecule has 0 atom stereocenters. The van der Waals surface area contributed by atoms with Crippen molar-refractivity contribution < 1.29 is 8.42 Å². The van der Waals surface area contributed by atoms with Crippen LogP contribution in [0.3, 0.4) is 0 Å². The van der Waals surface area contributed by atoms with Gasteiger partial charge in [-0.05, 0) is 6.42 Å². The lowest BCUT2D eigenvalue weighted by molar-refractivity contribution is 0.582. The van der Waals surface area contributed by atoms with Gasteiger partial charge < -0.3 is 0 Å². The summed E-state index contributed by atoms with van der Waals surface area (Å²) in [5.41, 5.74) is 1.82. The van der Waals surface area contributed by atoms with Crippen LogP contribution in [0.4, 0.5) is 0 Å². The van der Waals surface area contributed by atoms with Crippen molar-refractivity contribution in [3.05, 3.63) is 17.5 Å². The summed E-state index contributed by atoms with van der Waals surface area (Å²) in [7, 11) is -1.45. The minimum absolute atomic E-state index is 0.0592. The van der Waals surface area contributed by atoms with Crippen molar-refractivity contribution in [2.75, 3.05) is 11.6 Å². The number of nitrogens with zero attached hydrogens (tertiary/aromatic N) is 2. The lowest BCUT2D eigenvalue weighted by Crippen LogP contribution is -2.26. The Kier molecular flexibility index (Phi) is 4.76. The largest absolute Gasteiger partial charge is 0.275 e. The lowest BCUT2D eigenvalue weighted by Gasteiger charge is -2.04. The Morgan fingerprint density at radius 3 is 2.81 bits per heavy atom. The van der Waals surface area contributed by atoms with E-state index in [-0.39, 0.29) is 18.2 Å². The van der Waals surface area contributed by atoms with Gasteiger partial charge in [0.25, 0.3) is 0 Å². The molecule has 1 rings (SSSR count). The minimum atomic E-state index is -3.26. The molecule has 0 radical (unpaired) electrons. The van der Waals surface area contributed by atoms with Crippen LogP contribution in [0, 0.1) is 0 Å². The first-order chi connectivity index (χ1) is 7.48. The smallest absolute Gasteiger partial charge is 0.213 e. The van der Waals surface area contributed by atoms with E-state index >= 15 is 0 Å². The average molecular weight is 266 g/mol. The maximum Gasteiger partial charge on any atom is 0.213 e.